The van der Waals surface area contributed by atoms with Crippen LogP contribution in [0.15, 0.2) is 0 Å². The van der Waals surface area contributed by atoms with E-state index in [-0.39, 0.29) is 0 Å². The maximum Gasteiger partial charge on any atom is 0.523 e. The van der Waals surface area contributed by atoms with Crippen molar-refractivity contribution < 1.29 is 25.8 Å². The first-order valence-corrected chi connectivity index (χ1v) is 5.09. The van der Waals surface area contributed by atoms with Gasteiger partial charge in [-0.15, -0.1) is 0 Å². The zero-order chi connectivity index (χ0) is 9.99. The first-order valence-electron chi connectivity index (χ1n) is 2.76. The van der Waals surface area contributed by atoms with E-state index in [4.69, 9.17) is 0 Å². The highest BCUT2D eigenvalue weighted by molar-refractivity contribution is 9.09. The summed E-state index contributed by atoms with van der Waals surface area (Å²) in [7, 11) is -5.42. The fourth-order valence-electron chi connectivity index (χ4n) is 0.250. The summed E-state index contributed by atoms with van der Waals surface area (Å²) in [5.41, 5.74) is -5.34. The summed E-state index contributed by atoms with van der Waals surface area (Å²) in [4.78, 5) is -0.449. The molecular weight excluding hydrogens is 265 g/mol. The van der Waals surface area contributed by atoms with E-state index in [0.29, 0.717) is 0 Å². The molecule has 0 aliphatic heterocycles. The predicted molar refractivity (Wildman–Crippen MR) is 39.3 cm³/mol. The molecule has 0 amide bonds. The van der Waals surface area contributed by atoms with Gasteiger partial charge in [0.2, 0.25) is 0 Å². The Morgan fingerprint density at radius 1 is 1.50 bits per heavy atom. The van der Waals surface area contributed by atoms with Crippen molar-refractivity contribution in [3.8, 4) is 0 Å². The summed E-state index contributed by atoms with van der Waals surface area (Å²) in [6, 6.07) is 0. The van der Waals surface area contributed by atoms with Crippen LogP contribution in [0.5, 0.6) is 0 Å². The maximum atomic E-state index is 11.6. The number of hydrogen-bond donors (Lipinski definition) is 0. The quantitative estimate of drug-likeness (QED) is 0.445. The van der Waals surface area contributed by atoms with Crippen molar-refractivity contribution in [2.45, 2.75) is 17.3 Å². The van der Waals surface area contributed by atoms with E-state index in [1.807, 2.05) is 0 Å². The van der Waals surface area contributed by atoms with Gasteiger partial charge in [-0.2, -0.15) is 21.6 Å². The van der Waals surface area contributed by atoms with Crippen molar-refractivity contribution in [1.82, 2.24) is 0 Å². The molecule has 0 aromatic carbocycles. The summed E-state index contributed by atoms with van der Waals surface area (Å²) in [6.45, 7) is 0.924. The number of rotatable bonds is 3. The topological polar surface area (TPSA) is 43.4 Å². The molecule has 0 saturated heterocycles. The molecule has 12 heavy (non-hydrogen) atoms. The zero-order valence-corrected chi connectivity index (χ0v) is 8.33. The summed E-state index contributed by atoms with van der Waals surface area (Å²) in [5, 5.41) is 0. The average molecular weight is 271 g/mol. The Labute approximate surface area is 76.1 Å². The van der Waals surface area contributed by atoms with E-state index < -0.39 is 27.1 Å². The van der Waals surface area contributed by atoms with E-state index in [9.17, 15) is 21.6 Å². The molecule has 0 spiro atoms. The van der Waals surface area contributed by atoms with Crippen molar-refractivity contribution >= 4 is 26.0 Å². The van der Waals surface area contributed by atoms with Crippen LogP contribution < -0.4 is 0 Å². The molecule has 0 heterocycles. The lowest BCUT2D eigenvalue weighted by molar-refractivity contribution is -0.0540. The van der Waals surface area contributed by atoms with Crippen LogP contribution in [0.1, 0.15) is 6.92 Å². The van der Waals surface area contributed by atoms with Gasteiger partial charge in [-0.25, -0.2) is 0 Å². The van der Waals surface area contributed by atoms with Crippen LogP contribution in [-0.2, 0) is 14.3 Å². The number of alkyl halides is 4. The van der Waals surface area contributed by atoms with Gasteiger partial charge < -0.3 is 0 Å². The van der Waals surface area contributed by atoms with Gasteiger partial charge in [-0.3, -0.25) is 4.18 Å². The van der Waals surface area contributed by atoms with Crippen molar-refractivity contribution in [2.24, 2.45) is 0 Å². The maximum absolute atomic E-state index is 11.6. The van der Waals surface area contributed by atoms with Crippen LogP contribution in [0.2, 0.25) is 0 Å². The van der Waals surface area contributed by atoms with E-state index in [1.54, 1.807) is 0 Å². The molecule has 1 unspecified atom stereocenters. The fourth-order valence-corrected chi connectivity index (χ4v) is 1.07. The standard InChI is InChI=1S/C4H6BrF3O3S/c1-3(5)2-11-12(9,10)4(6,7)8/h3H,2H2,1H3. The van der Waals surface area contributed by atoms with Crippen LogP contribution in [0.3, 0.4) is 0 Å². The second-order valence-corrected chi connectivity index (χ2v) is 5.14. The van der Waals surface area contributed by atoms with Crippen LogP contribution in [0.4, 0.5) is 13.2 Å². The molecule has 74 valence electrons. The van der Waals surface area contributed by atoms with Gasteiger partial charge in [0.15, 0.2) is 0 Å². The first kappa shape index (κ1) is 12.2. The molecule has 3 nitrogen and oxygen atoms in total. The lowest BCUT2D eigenvalue weighted by Gasteiger charge is -2.08. The SMILES string of the molecule is CC(Br)COS(=O)(=O)C(F)(F)F. The monoisotopic (exact) mass is 270 g/mol. The highest BCUT2D eigenvalue weighted by Crippen LogP contribution is 2.24. The Kier molecular flexibility index (Phi) is 3.98. The lowest BCUT2D eigenvalue weighted by Crippen LogP contribution is -2.27. The molecule has 0 rings (SSSR count). The van der Waals surface area contributed by atoms with Crippen molar-refractivity contribution in [2.75, 3.05) is 6.61 Å². The van der Waals surface area contributed by atoms with Gasteiger partial charge in [0.1, 0.15) is 0 Å². The highest BCUT2D eigenvalue weighted by atomic mass is 79.9. The van der Waals surface area contributed by atoms with Gasteiger partial charge in [-0.05, 0) is 0 Å². The molecule has 8 heteroatoms. The van der Waals surface area contributed by atoms with Gasteiger partial charge in [-0.1, -0.05) is 22.9 Å². The van der Waals surface area contributed by atoms with Crippen LogP contribution in [-0.4, -0.2) is 25.4 Å². The summed E-state index contributed by atoms with van der Waals surface area (Å²) >= 11 is 2.84. The van der Waals surface area contributed by atoms with E-state index in [2.05, 4.69) is 20.1 Å². The van der Waals surface area contributed by atoms with Crippen LogP contribution in [0, 0.1) is 0 Å². The first-order chi connectivity index (χ1) is 5.17. The van der Waals surface area contributed by atoms with Crippen LogP contribution in [0.25, 0.3) is 0 Å². The summed E-state index contributed by atoms with van der Waals surface area (Å²) in [6.07, 6.45) is 0. The second kappa shape index (κ2) is 3.93. The van der Waals surface area contributed by atoms with Crippen molar-refractivity contribution in [3.05, 3.63) is 0 Å². The van der Waals surface area contributed by atoms with Crippen LogP contribution >= 0.6 is 15.9 Å². The minimum Gasteiger partial charge on any atom is -0.262 e. The normalized spacial score (nSPS) is 16.1. The summed E-state index contributed by atoms with van der Waals surface area (Å²) < 4.78 is 58.7. The third kappa shape index (κ3) is 3.72. The molecule has 0 N–H and O–H groups in total. The summed E-state index contributed by atoms with van der Waals surface area (Å²) in [5.74, 6) is 0. The minimum atomic E-state index is -5.42. The molecule has 1 atom stereocenters. The average Bonchev–Trinajstić information content (AvgIpc) is 1.81. The molecule has 0 aliphatic carbocycles. The minimum absolute atomic E-state index is 0.449. The van der Waals surface area contributed by atoms with E-state index >= 15 is 0 Å². The van der Waals surface area contributed by atoms with Gasteiger partial charge in [0.05, 0.1) is 6.61 Å². The van der Waals surface area contributed by atoms with E-state index in [0.717, 1.165) is 0 Å². The lowest BCUT2D eigenvalue weighted by atomic mass is 10.5. The molecule has 0 aliphatic rings. The number of halogens is 4. The second-order valence-electron chi connectivity index (χ2n) is 1.97. The fraction of sp³-hybridized carbons (Fsp3) is 1.00. The van der Waals surface area contributed by atoms with E-state index in [1.165, 1.54) is 6.92 Å². The Morgan fingerprint density at radius 3 is 2.17 bits per heavy atom. The molecule has 0 fully saturated rings. The molecule has 0 saturated carbocycles. The smallest absolute Gasteiger partial charge is 0.262 e. The third-order valence-corrected chi connectivity index (χ3v) is 2.01. The Balaban J connectivity index is 4.27. The Hall–Kier alpha value is 0.180. The van der Waals surface area contributed by atoms with Gasteiger partial charge >= 0.3 is 15.6 Å². The van der Waals surface area contributed by atoms with Crippen molar-refractivity contribution in [1.29, 1.82) is 0 Å². The predicted octanol–water partition coefficient (Wildman–Crippen LogP) is 1.64. The van der Waals surface area contributed by atoms with Crippen molar-refractivity contribution in [3.63, 3.8) is 0 Å². The molecule has 0 radical (unpaired) electrons. The third-order valence-electron chi connectivity index (χ3n) is 0.736. The zero-order valence-electron chi connectivity index (χ0n) is 5.93. The molecular formula is C4H6BrF3O3S. The molecule has 0 bridgehead atoms. The highest BCUT2D eigenvalue weighted by Gasteiger charge is 2.47. The van der Waals surface area contributed by atoms with Gasteiger partial charge in [0, 0.05) is 4.83 Å². The Morgan fingerprint density at radius 2 is 1.92 bits per heavy atom. The van der Waals surface area contributed by atoms with Gasteiger partial charge in [0.25, 0.3) is 0 Å². The molecule has 0 aromatic rings. The largest absolute Gasteiger partial charge is 0.523 e. The molecule has 0 aromatic heterocycles. The Bertz CT molecular complexity index is 232. The number of hydrogen-bond acceptors (Lipinski definition) is 3.